The zero-order valence-corrected chi connectivity index (χ0v) is 18.8. The molecule has 0 aliphatic carbocycles. The van der Waals surface area contributed by atoms with E-state index in [9.17, 15) is 37.5 Å². The second-order valence-corrected chi connectivity index (χ2v) is 10.7. The number of nitrogens with one attached hydrogen (secondary N) is 1. The van der Waals surface area contributed by atoms with E-state index in [2.05, 4.69) is 4.98 Å². The third-order valence-electron chi connectivity index (χ3n) is 4.59. The van der Waals surface area contributed by atoms with Crippen molar-refractivity contribution in [2.75, 3.05) is 12.8 Å². The molecule has 2 aromatic rings. The number of benzene rings is 1. The fourth-order valence-electron chi connectivity index (χ4n) is 3.00. The molecule has 0 saturated carbocycles. The van der Waals surface area contributed by atoms with Gasteiger partial charge in [0, 0.05) is 11.8 Å². The second kappa shape index (κ2) is 10.0. The monoisotopic (exact) mass is 475 g/mol. The first kappa shape index (κ1) is 25.2. The Kier molecular flexibility index (Phi) is 8.15. The molecule has 4 N–H and O–H groups in total. The number of sulfonamides is 1. The first-order valence-electron chi connectivity index (χ1n) is 9.45. The van der Waals surface area contributed by atoms with Crippen molar-refractivity contribution >= 4 is 17.6 Å². The first-order chi connectivity index (χ1) is 14.4. The van der Waals surface area contributed by atoms with Gasteiger partial charge in [0.1, 0.15) is 0 Å². The number of hydrogen-bond donors (Lipinski definition) is 4. The fourth-order valence-corrected chi connectivity index (χ4v) is 5.54. The number of aliphatic hydroxyl groups excluding tert-OH is 1. The van der Waals surface area contributed by atoms with Gasteiger partial charge >= 0.3 is 13.3 Å². The summed E-state index contributed by atoms with van der Waals surface area (Å²) in [5.74, 6) is 0. The number of H-pyrrole nitrogens is 1. The molecule has 0 fully saturated rings. The Morgan fingerprint density at radius 1 is 1.19 bits per heavy atom. The Labute approximate surface area is 179 Å². The Morgan fingerprint density at radius 2 is 1.81 bits per heavy atom. The van der Waals surface area contributed by atoms with Crippen LogP contribution in [0.25, 0.3) is 0 Å². The lowest BCUT2D eigenvalue weighted by atomic mass is 10.2. The summed E-state index contributed by atoms with van der Waals surface area (Å²) >= 11 is 0. The van der Waals surface area contributed by atoms with Gasteiger partial charge in [-0.05, 0) is 25.5 Å². The minimum atomic E-state index is -4.72. The predicted octanol–water partition coefficient (Wildman–Crippen LogP) is -0.0155. The van der Waals surface area contributed by atoms with Gasteiger partial charge < -0.3 is 14.9 Å². The highest BCUT2D eigenvalue weighted by atomic mass is 32.2. The molecule has 0 radical (unpaired) electrons. The topological polar surface area (TPSA) is 170 Å². The van der Waals surface area contributed by atoms with Gasteiger partial charge in [0.2, 0.25) is 10.0 Å². The van der Waals surface area contributed by atoms with E-state index < -0.39 is 54.3 Å². The van der Waals surface area contributed by atoms with E-state index in [-0.39, 0.29) is 10.5 Å². The lowest BCUT2D eigenvalue weighted by Crippen LogP contribution is -2.47. The number of rotatable bonds is 10. The van der Waals surface area contributed by atoms with Crippen LogP contribution in [0.2, 0.25) is 0 Å². The maximum absolute atomic E-state index is 13.3. The minimum absolute atomic E-state index is 0.173. The van der Waals surface area contributed by atoms with Crippen molar-refractivity contribution in [3.63, 3.8) is 0 Å². The number of aryl methyl sites for hydroxylation is 2. The largest absolute Gasteiger partial charge is 0.395 e. The quantitative estimate of drug-likeness (QED) is 0.348. The van der Waals surface area contributed by atoms with Crippen LogP contribution in [-0.2, 0) is 27.7 Å². The first-order valence-corrected chi connectivity index (χ1v) is 12.7. The van der Waals surface area contributed by atoms with E-state index in [1.807, 2.05) is 6.92 Å². The van der Waals surface area contributed by atoms with Gasteiger partial charge in [0.25, 0.3) is 5.56 Å². The lowest BCUT2D eigenvalue weighted by Gasteiger charge is -2.30. The van der Waals surface area contributed by atoms with Crippen LogP contribution in [0.4, 0.5) is 0 Å². The molecule has 0 spiro atoms. The van der Waals surface area contributed by atoms with Crippen molar-refractivity contribution < 1.29 is 27.9 Å². The van der Waals surface area contributed by atoms with E-state index in [1.54, 1.807) is 19.1 Å². The lowest BCUT2D eigenvalue weighted by molar-refractivity contribution is 0.172. The molecule has 31 heavy (non-hydrogen) atoms. The molecule has 1 atom stereocenters. The van der Waals surface area contributed by atoms with Gasteiger partial charge in [0.05, 0.1) is 30.4 Å². The zero-order valence-electron chi connectivity index (χ0n) is 17.1. The summed E-state index contributed by atoms with van der Waals surface area (Å²) in [6, 6.07) is 4.23. The van der Waals surface area contributed by atoms with Crippen LogP contribution in [0.5, 0.6) is 0 Å². The zero-order chi connectivity index (χ0) is 23.4. The molecule has 172 valence electrons. The van der Waals surface area contributed by atoms with Crippen molar-refractivity contribution in [2.24, 2.45) is 0 Å². The van der Waals surface area contributed by atoms with Crippen LogP contribution < -0.4 is 11.2 Å². The molecular formula is C18H26N3O8PS. The number of aromatic amines is 1. The number of aliphatic hydroxyl groups is 1. The molecule has 13 heteroatoms. The Balaban J connectivity index is 2.61. The number of hydrogen-bond acceptors (Lipinski definition) is 6. The van der Waals surface area contributed by atoms with Crippen molar-refractivity contribution in [3.8, 4) is 0 Å². The maximum atomic E-state index is 13.3. The molecule has 11 nitrogen and oxygen atoms in total. The minimum Gasteiger partial charge on any atom is -0.395 e. The summed E-state index contributed by atoms with van der Waals surface area (Å²) < 4.78 is 39.7. The van der Waals surface area contributed by atoms with Gasteiger partial charge in [-0.15, -0.1) is 0 Å². The third kappa shape index (κ3) is 6.45. The summed E-state index contributed by atoms with van der Waals surface area (Å²) in [6.45, 7) is 2.03. The third-order valence-corrected chi connectivity index (χ3v) is 7.39. The van der Waals surface area contributed by atoms with Crippen molar-refractivity contribution in [1.29, 1.82) is 0 Å². The molecule has 2 rings (SSSR count). The number of nitrogens with zero attached hydrogens (tertiary/aromatic N) is 2. The van der Waals surface area contributed by atoms with Gasteiger partial charge in [-0.1, -0.05) is 31.0 Å². The molecule has 1 heterocycles. The molecule has 1 aromatic heterocycles. The van der Waals surface area contributed by atoms with Crippen molar-refractivity contribution in [2.45, 2.75) is 44.3 Å². The van der Waals surface area contributed by atoms with E-state index in [0.29, 0.717) is 17.1 Å². The van der Waals surface area contributed by atoms with Crippen LogP contribution in [0, 0.1) is 6.92 Å². The average Bonchev–Trinajstić information content (AvgIpc) is 2.67. The molecule has 0 aliphatic rings. The Bertz CT molecular complexity index is 1170. The van der Waals surface area contributed by atoms with Gasteiger partial charge in [0.15, 0.2) is 0 Å². The molecule has 0 amide bonds. The van der Waals surface area contributed by atoms with E-state index in [4.69, 9.17) is 0 Å². The maximum Gasteiger partial charge on any atom is 0.329 e. The highest BCUT2D eigenvalue weighted by molar-refractivity contribution is 7.89. The van der Waals surface area contributed by atoms with Gasteiger partial charge in [-0.3, -0.25) is 18.9 Å². The standard InChI is InChI=1S/C18H26N3O8PS/c1-3-4-14-9-20(18(24)19-17(14)23)12-21(15(10-22)11-30(25,26)27)31(28,29)16-7-5-13(2)6-8-16/h5-9,15,22H,3-4,10-12H2,1-2H3,(H,19,23,24)(H2,25,26,27). The molecule has 0 bridgehead atoms. The van der Waals surface area contributed by atoms with Gasteiger partial charge in [-0.25, -0.2) is 13.2 Å². The van der Waals surface area contributed by atoms with Crippen molar-refractivity contribution in [1.82, 2.24) is 13.9 Å². The Morgan fingerprint density at radius 3 is 2.32 bits per heavy atom. The molecule has 1 unspecified atom stereocenters. The molecule has 0 saturated heterocycles. The molecular weight excluding hydrogens is 449 g/mol. The summed E-state index contributed by atoms with van der Waals surface area (Å²) in [5.41, 5.74) is -0.433. The van der Waals surface area contributed by atoms with E-state index in [0.717, 1.165) is 10.1 Å². The molecule has 1 aromatic carbocycles. The van der Waals surface area contributed by atoms with Crippen LogP contribution in [-0.4, -0.2) is 56.0 Å². The van der Waals surface area contributed by atoms with E-state index in [1.165, 1.54) is 18.3 Å². The Hall–Kier alpha value is -2.08. The highest BCUT2D eigenvalue weighted by Crippen LogP contribution is 2.37. The summed E-state index contributed by atoms with van der Waals surface area (Å²) in [5, 5.41) is 9.75. The second-order valence-electron chi connectivity index (χ2n) is 7.16. The van der Waals surface area contributed by atoms with Crippen LogP contribution in [0.1, 0.15) is 24.5 Å². The number of aromatic nitrogens is 2. The predicted molar refractivity (Wildman–Crippen MR) is 113 cm³/mol. The fraction of sp³-hybridized carbons (Fsp3) is 0.444. The smallest absolute Gasteiger partial charge is 0.329 e. The molecule has 0 aliphatic heterocycles. The highest BCUT2D eigenvalue weighted by Gasteiger charge is 2.35. The van der Waals surface area contributed by atoms with Crippen LogP contribution >= 0.6 is 7.60 Å². The van der Waals surface area contributed by atoms with Gasteiger partial charge in [-0.2, -0.15) is 4.31 Å². The van der Waals surface area contributed by atoms with Crippen molar-refractivity contribution in [3.05, 3.63) is 62.4 Å². The van der Waals surface area contributed by atoms with Crippen LogP contribution in [0.15, 0.2) is 44.9 Å². The van der Waals surface area contributed by atoms with Crippen LogP contribution in [0.3, 0.4) is 0 Å². The average molecular weight is 475 g/mol. The normalized spacial score (nSPS) is 13.5. The SMILES string of the molecule is CCCc1cn(CN(C(CO)CP(=O)(O)O)S(=O)(=O)c2ccc(C)cc2)c(=O)[nH]c1=O. The summed E-state index contributed by atoms with van der Waals surface area (Å²) in [6.07, 6.45) is 1.21. The summed E-state index contributed by atoms with van der Waals surface area (Å²) in [7, 11) is -9.09. The van der Waals surface area contributed by atoms with E-state index >= 15 is 0 Å². The summed E-state index contributed by atoms with van der Waals surface area (Å²) in [4.78, 5) is 45.0.